The van der Waals surface area contributed by atoms with Crippen molar-refractivity contribution in [1.29, 1.82) is 0 Å². The van der Waals surface area contributed by atoms with Crippen molar-refractivity contribution in [2.45, 2.75) is 39.7 Å². The average Bonchev–Trinajstić information content (AvgIpc) is 2.38. The molecule has 0 aliphatic rings. The molecule has 0 saturated carbocycles. The Morgan fingerprint density at radius 2 is 1.83 bits per heavy atom. The minimum absolute atomic E-state index is 0.267. The van der Waals surface area contributed by atoms with Gasteiger partial charge in [0, 0.05) is 13.2 Å². The molecule has 1 unspecified atom stereocenters. The van der Waals surface area contributed by atoms with Crippen molar-refractivity contribution in [3.63, 3.8) is 0 Å². The van der Waals surface area contributed by atoms with Gasteiger partial charge in [-0.3, -0.25) is 0 Å². The lowest BCUT2D eigenvalue weighted by Crippen LogP contribution is -2.31. The Kier molecular flexibility index (Phi) is 5.83. The topological polar surface area (TPSA) is 21.3 Å². The van der Waals surface area contributed by atoms with E-state index >= 15 is 0 Å². The smallest absolute Gasteiger partial charge is 0.0502 e. The Balaban J connectivity index is 2.82. The van der Waals surface area contributed by atoms with Crippen LogP contribution in [-0.2, 0) is 11.2 Å². The summed E-state index contributed by atoms with van der Waals surface area (Å²) in [6.45, 7) is 7.66. The molecule has 18 heavy (non-hydrogen) atoms. The summed E-state index contributed by atoms with van der Waals surface area (Å²) in [6, 6.07) is 9.31. The van der Waals surface area contributed by atoms with Gasteiger partial charge in [0.25, 0.3) is 0 Å². The lowest BCUT2D eigenvalue weighted by Gasteiger charge is -2.33. The second-order valence-electron chi connectivity index (χ2n) is 5.55. The third-order valence-electron chi connectivity index (χ3n) is 3.89. The van der Waals surface area contributed by atoms with Gasteiger partial charge >= 0.3 is 0 Å². The molecule has 0 aliphatic carbocycles. The molecule has 102 valence electrons. The second-order valence-corrected chi connectivity index (χ2v) is 5.55. The van der Waals surface area contributed by atoms with Gasteiger partial charge < -0.3 is 10.1 Å². The molecule has 2 heteroatoms. The van der Waals surface area contributed by atoms with Crippen molar-refractivity contribution >= 4 is 0 Å². The molecule has 2 nitrogen and oxygen atoms in total. The summed E-state index contributed by atoms with van der Waals surface area (Å²) in [4.78, 5) is 0. The quantitative estimate of drug-likeness (QED) is 0.797. The van der Waals surface area contributed by atoms with Crippen LogP contribution < -0.4 is 5.32 Å². The molecule has 1 N–H and O–H groups in total. The van der Waals surface area contributed by atoms with Gasteiger partial charge in [-0.2, -0.15) is 0 Å². The molecule has 1 atom stereocenters. The molecule has 0 aromatic heterocycles. The van der Waals surface area contributed by atoms with Crippen LogP contribution in [0.2, 0.25) is 0 Å². The Bertz CT molecular complexity index is 343. The molecule has 0 aliphatic heterocycles. The van der Waals surface area contributed by atoms with E-state index in [2.05, 4.69) is 50.4 Å². The van der Waals surface area contributed by atoms with Gasteiger partial charge in [-0.15, -0.1) is 0 Å². The first-order valence-corrected chi connectivity index (χ1v) is 6.80. The summed E-state index contributed by atoms with van der Waals surface area (Å²) >= 11 is 0. The largest absolute Gasteiger partial charge is 0.384 e. The normalized spacial score (nSPS) is 13.6. The molecule has 0 spiro atoms. The van der Waals surface area contributed by atoms with Crippen molar-refractivity contribution in [1.82, 2.24) is 5.32 Å². The Morgan fingerprint density at radius 1 is 1.22 bits per heavy atom. The average molecular weight is 249 g/mol. The Hall–Kier alpha value is -0.860. The molecule has 0 amide bonds. The van der Waals surface area contributed by atoms with Crippen LogP contribution in [0.3, 0.4) is 0 Å². The van der Waals surface area contributed by atoms with E-state index in [4.69, 9.17) is 4.74 Å². The molecule has 0 fully saturated rings. The van der Waals surface area contributed by atoms with Crippen LogP contribution in [0.1, 0.15) is 44.4 Å². The molecular formula is C16H27NO. The summed E-state index contributed by atoms with van der Waals surface area (Å²) in [5.74, 6) is 0. The van der Waals surface area contributed by atoms with Crippen LogP contribution >= 0.6 is 0 Å². The van der Waals surface area contributed by atoms with Crippen molar-refractivity contribution in [3.8, 4) is 0 Å². The van der Waals surface area contributed by atoms with Crippen LogP contribution in [0, 0.1) is 5.41 Å². The number of rotatable bonds is 7. The third kappa shape index (κ3) is 3.82. The first kappa shape index (κ1) is 15.2. The van der Waals surface area contributed by atoms with Crippen LogP contribution in [0.15, 0.2) is 24.3 Å². The number of nitrogens with one attached hydrogen (secondary N) is 1. The Labute approximate surface area is 112 Å². The summed E-state index contributed by atoms with van der Waals surface area (Å²) in [7, 11) is 3.79. The number of methoxy groups -OCH3 is 1. The summed E-state index contributed by atoms with van der Waals surface area (Å²) in [6.07, 6.45) is 2.14. The highest BCUT2D eigenvalue weighted by molar-refractivity contribution is 5.26. The zero-order chi connectivity index (χ0) is 13.6. The predicted molar refractivity (Wildman–Crippen MR) is 77.9 cm³/mol. The maximum Gasteiger partial charge on any atom is 0.0502 e. The maximum atomic E-state index is 5.10. The highest BCUT2D eigenvalue weighted by Gasteiger charge is 2.27. The van der Waals surface area contributed by atoms with Crippen LogP contribution in [0.5, 0.6) is 0 Å². The van der Waals surface area contributed by atoms with Gasteiger partial charge in [-0.25, -0.2) is 0 Å². The standard InChI is InChI=1S/C16H27NO/c1-6-16(2,3)15(17-4)14-9-7-13(8-10-14)11-12-18-5/h7-10,15,17H,6,11-12H2,1-5H3. The fourth-order valence-electron chi connectivity index (χ4n) is 2.31. The monoisotopic (exact) mass is 249 g/mol. The minimum atomic E-state index is 0.267. The van der Waals surface area contributed by atoms with Crippen molar-refractivity contribution in [2.75, 3.05) is 20.8 Å². The van der Waals surface area contributed by atoms with Crippen molar-refractivity contribution in [2.24, 2.45) is 5.41 Å². The molecule has 1 rings (SSSR count). The summed E-state index contributed by atoms with van der Waals surface area (Å²) < 4.78 is 5.10. The zero-order valence-electron chi connectivity index (χ0n) is 12.4. The van der Waals surface area contributed by atoms with E-state index in [0.29, 0.717) is 6.04 Å². The molecule has 0 heterocycles. The summed E-state index contributed by atoms with van der Waals surface area (Å²) in [5, 5.41) is 3.45. The van der Waals surface area contributed by atoms with E-state index in [1.807, 2.05) is 7.05 Å². The van der Waals surface area contributed by atoms with E-state index in [-0.39, 0.29) is 5.41 Å². The molecule has 0 radical (unpaired) electrons. The fraction of sp³-hybridized carbons (Fsp3) is 0.625. The minimum Gasteiger partial charge on any atom is -0.384 e. The first-order valence-electron chi connectivity index (χ1n) is 6.80. The van der Waals surface area contributed by atoms with Gasteiger partial charge in [-0.1, -0.05) is 45.0 Å². The number of benzene rings is 1. The second kappa shape index (κ2) is 6.91. The van der Waals surface area contributed by atoms with Gasteiger partial charge in [0.15, 0.2) is 0 Å². The van der Waals surface area contributed by atoms with Gasteiger partial charge in [0.05, 0.1) is 6.61 Å². The first-order chi connectivity index (χ1) is 8.55. The molecule has 1 aromatic rings. The van der Waals surface area contributed by atoms with E-state index in [1.54, 1.807) is 7.11 Å². The van der Waals surface area contributed by atoms with E-state index < -0.39 is 0 Å². The van der Waals surface area contributed by atoms with Crippen LogP contribution in [-0.4, -0.2) is 20.8 Å². The third-order valence-corrected chi connectivity index (χ3v) is 3.89. The van der Waals surface area contributed by atoms with Gasteiger partial charge in [0.2, 0.25) is 0 Å². The van der Waals surface area contributed by atoms with Crippen molar-refractivity contribution in [3.05, 3.63) is 35.4 Å². The van der Waals surface area contributed by atoms with Crippen LogP contribution in [0.4, 0.5) is 0 Å². The van der Waals surface area contributed by atoms with E-state index in [0.717, 1.165) is 19.4 Å². The van der Waals surface area contributed by atoms with E-state index in [1.165, 1.54) is 11.1 Å². The Morgan fingerprint density at radius 3 is 2.28 bits per heavy atom. The van der Waals surface area contributed by atoms with E-state index in [9.17, 15) is 0 Å². The summed E-state index contributed by atoms with van der Waals surface area (Å²) in [5.41, 5.74) is 2.97. The highest BCUT2D eigenvalue weighted by Crippen LogP contribution is 2.35. The molecule has 0 saturated heterocycles. The lowest BCUT2D eigenvalue weighted by molar-refractivity contribution is 0.202. The fourth-order valence-corrected chi connectivity index (χ4v) is 2.31. The zero-order valence-corrected chi connectivity index (χ0v) is 12.4. The lowest BCUT2D eigenvalue weighted by atomic mass is 9.78. The maximum absolute atomic E-state index is 5.10. The SMILES string of the molecule is CCC(C)(C)C(NC)c1ccc(CCOC)cc1. The molecule has 0 bridgehead atoms. The highest BCUT2D eigenvalue weighted by atomic mass is 16.5. The van der Waals surface area contributed by atoms with Crippen molar-refractivity contribution < 1.29 is 4.74 Å². The predicted octanol–water partition coefficient (Wildman–Crippen LogP) is 3.57. The number of hydrogen-bond acceptors (Lipinski definition) is 2. The van der Waals surface area contributed by atoms with Crippen LogP contribution in [0.25, 0.3) is 0 Å². The van der Waals surface area contributed by atoms with Gasteiger partial charge in [-0.05, 0) is 36.4 Å². The molecular weight excluding hydrogens is 222 g/mol. The number of hydrogen-bond donors (Lipinski definition) is 1. The molecule has 1 aromatic carbocycles. The number of ether oxygens (including phenoxy) is 1. The van der Waals surface area contributed by atoms with Gasteiger partial charge in [0.1, 0.15) is 0 Å².